The Labute approximate surface area is 113 Å². The highest BCUT2D eigenvalue weighted by atomic mass is 16.2. The van der Waals surface area contributed by atoms with Gasteiger partial charge in [-0.05, 0) is 24.6 Å². The van der Waals surface area contributed by atoms with E-state index in [9.17, 15) is 9.59 Å². The summed E-state index contributed by atoms with van der Waals surface area (Å²) in [5.41, 5.74) is 3.46. The molecule has 0 radical (unpaired) electrons. The number of allylic oxidation sites excluding steroid dienone is 1. The minimum absolute atomic E-state index is 0.0511. The van der Waals surface area contributed by atoms with Gasteiger partial charge in [0.05, 0.1) is 6.04 Å². The first-order valence-electron chi connectivity index (χ1n) is 6.56. The molecule has 0 bridgehead atoms. The van der Waals surface area contributed by atoms with Crippen molar-refractivity contribution >= 4 is 11.7 Å². The summed E-state index contributed by atoms with van der Waals surface area (Å²) >= 11 is 0. The first-order chi connectivity index (χ1) is 9.20. The van der Waals surface area contributed by atoms with Gasteiger partial charge in [0, 0.05) is 18.2 Å². The first kappa shape index (κ1) is 13.3. The monoisotopic (exact) mass is 258 g/mol. The van der Waals surface area contributed by atoms with Crippen molar-refractivity contribution in [3.8, 4) is 0 Å². The van der Waals surface area contributed by atoms with Crippen LogP contribution in [0.4, 0.5) is 0 Å². The van der Waals surface area contributed by atoms with Crippen LogP contribution in [0.5, 0.6) is 0 Å². The van der Waals surface area contributed by atoms with Crippen LogP contribution in [0.1, 0.15) is 36.5 Å². The molecule has 1 aromatic carbocycles. The van der Waals surface area contributed by atoms with Crippen molar-refractivity contribution in [2.24, 2.45) is 0 Å². The van der Waals surface area contributed by atoms with Crippen molar-refractivity contribution in [1.29, 1.82) is 0 Å². The zero-order chi connectivity index (χ0) is 13.7. The molecule has 1 N–H and O–H groups in total. The molecule has 1 heterocycles. The minimum Gasteiger partial charge on any atom is -0.295 e. The van der Waals surface area contributed by atoms with Gasteiger partial charge in [-0.25, -0.2) is 0 Å². The Bertz CT molecular complexity index is 482. The van der Waals surface area contributed by atoms with Gasteiger partial charge in [0.2, 0.25) is 0 Å². The third kappa shape index (κ3) is 3.44. The van der Waals surface area contributed by atoms with E-state index >= 15 is 0 Å². The molecule has 4 nitrogen and oxygen atoms in total. The van der Waals surface area contributed by atoms with E-state index in [-0.39, 0.29) is 17.7 Å². The number of amides is 1. The molecule has 1 atom stereocenters. The highest BCUT2D eigenvalue weighted by Crippen LogP contribution is 2.15. The summed E-state index contributed by atoms with van der Waals surface area (Å²) in [5, 5.41) is 1.75. The predicted molar refractivity (Wildman–Crippen MR) is 73.2 cm³/mol. The van der Waals surface area contributed by atoms with E-state index in [4.69, 9.17) is 0 Å². The van der Waals surface area contributed by atoms with Crippen LogP contribution < -0.4 is 5.43 Å². The van der Waals surface area contributed by atoms with Crippen molar-refractivity contribution < 1.29 is 9.59 Å². The number of hydrogen-bond acceptors (Lipinski definition) is 3. The standard InChI is InChI=1S/C15H18N2O2/c1-2-6-13-11-14(18)9-10-17(13)16-15(19)12-7-4-3-5-8-12/h3-5,7-10,13H,2,6,11H2,1H3,(H,16,19). The van der Waals surface area contributed by atoms with Crippen LogP contribution in [-0.2, 0) is 4.79 Å². The second kappa shape index (κ2) is 6.18. The molecule has 1 aliphatic rings. The van der Waals surface area contributed by atoms with E-state index in [1.54, 1.807) is 23.3 Å². The highest BCUT2D eigenvalue weighted by molar-refractivity contribution is 5.94. The Morgan fingerprint density at radius 3 is 2.79 bits per heavy atom. The molecule has 1 aliphatic heterocycles. The molecule has 100 valence electrons. The molecule has 0 fully saturated rings. The lowest BCUT2D eigenvalue weighted by Crippen LogP contribution is -2.47. The fourth-order valence-corrected chi connectivity index (χ4v) is 2.16. The summed E-state index contributed by atoms with van der Waals surface area (Å²) < 4.78 is 0. The largest absolute Gasteiger partial charge is 0.295 e. The van der Waals surface area contributed by atoms with Crippen LogP contribution in [0.15, 0.2) is 42.6 Å². The van der Waals surface area contributed by atoms with Crippen molar-refractivity contribution in [2.75, 3.05) is 0 Å². The van der Waals surface area contributed by atoms with Gasteiger partial charge in [0.15, 0.2) is 5.78 Å². The lowest BCUT2D eigenvalue weighted by atomic mass is 10.0. The zero-order valence-electron chi connectivity index (χ0n) is 11.0. The number of rotatable bonds is 4. The molecule has 2 rings (SSSR count). The fourth-order valence-electron chi connectivity index (χ4n) is 2.16. The Hall–Kier alpha value is -2.10. The molecule has 0 spiro atoms. The summed E-state index contributed by atoms with van der Waals surface area (Å²) in [6.07, 6.45) is 5.48. The topological polar surface area (TPSA) is 49.4 Å². The van der Waals surface area contributed by atoms with E-state index < -0.39 is 0 Å². The number of nitrogens with zero attached hydrogens (tertiary/aromatic N) is 1. The molecule has 1 unspecified atom stereocenters. The average Bonchev–Trinajstić information content (AvgIpc) is 2.43. The van der Waals surface area contributed by atoms with Crippen molar-refractivity contribution in [3.05, 3.63) is 48.2 Å². The molecule has 1 aromatic rings. The van der Waals surface area contributed by atoms with Gasteiger partial charge >= 0.3 is 0 Å². The summed E-state index contributed by atoms with van der Waals surface area (Å²) in [7, 11) is 0. The number of hydrazine groups is 1. The smallest absolute Gasteiger partial charge is 0.269 e. The summed E-state index contributed by atoms with van der Waals surface area (Å²) in [6, 6.07) is 9.11. The third-order valence-electron chi connectivity index (χ3n) is 3.14. The third-order valence-corrected chi connectivity index (χ3v) is 3.14. The maximum Gasteiger partial charge on any atom is 0.269 e. The van der Waals surface area contributed by atoms with E-state index in [2.05, 4.69) is 12.3 Å². The maximum atomic E-state index is 12.1. The molecule has 0 saturated heterocycles. The molecular formula is C15H18N2O2. The molecule has 1 amide bonds. The zero-order valence-corrected chi connectivity index (χ0v) is 11.0. The predicted octanol–water partition coefficient (Wildman–Crippen LogP) is 2.29. The Balaban J connectivity index is 2.06. The van der Waals surface area contributed by atoms with Crippen LogP contribution in [-0.4, -0.2) is 22.7 Å². The Morgan fingerprint density at radius 2 is 2.11 bits per heavy atom. The summed E-state index contributed by atoms with van der Waals surface area (Å²) in [5.74, 6) is -0.0376. The van der Waals surface area contributed by atoms with E-state index in [0.29, 0.717) is 12.0 Å². The first-order valence-corrected chi connectivity index (χ1v) is 6.56. The van der Waals surface area contributed by atoms with Gasteiger partial charge < -0.3 is 0 Å². The van der Waals surface area contributed by atoms with Gasteiger partial charge in [0.1, 0.15) is 0 Å². The second-order valence-corrected chi connectivity index (χ2v) is 4.64. The normalized spacial score (nSPS) is 18.5. The van der Waals surface area contributed by atoms with E-state index in [1.807, 2.05) is 18.2 Å². The van der Waals surface area contributed by atoms with Gasteiger partial charge in [-0.1, -0.05) is 31.5 Å². The van der Waals surface area contributed by atoms with E-state index in [0.717, 1.165) is 12.8 Å². The Morgan fingerprint density at radius 1 is 1.37 bits per heavy atom. The SMILES string of the molecule is CCCC1CC(=O)C=CN1NC(=O)c1ccccc1. The van der Waals surface area contributed by atoms with Crippen LogP contribution in [0.2, 0.25) is 0 Å². The second-order valence-electron chi connectivity index (χ2n) is 4.64. The summed E-state index contributed by atoms with van der Waals surface area (Å²) in [4.78, 5) is 23.5. The van der Waals surface area contributed by atoms with Gasteiger partial charge in [-0.2, -0.15) is 0 Å². The number of carbonyl (C=O) groups is 2. The molecular weight excluding hydrogens is 240 g/mol. The maximum absolute atomic E-state index is 12.1. The lowest BCUT2D eigenvalue weighted by molar-refractivity contribution is -0.116. The molecule has 19 heavy (non-hydrogen) atoms. The molecule has 4 heteroatoms. The number of hydrogen-bond donors (Lipinski definition) is 1. The molecule has 0 saturated carbocycles. The Kier molecular flexibility index (Phi) is 4.34. The number of benzene rings is 1. The quantitative estimate of drug-likeness (QED) is 0.901. The van der Waals surface area contributed by atoms with Crippen LogP contribution in [0.3, 0.4) is 0 Å². The van der Waals surface area contributed by atoms with Crippen molar-refractivity contribution in [3.63, 3.8) is 0 Å². The van der Waals surface area contributed by atoms with Crippen LogP contribution in [0, 0.1) is 0 Å². The molecule has 0 aliphatic carbocycles. The lowest BCUT2D eigenvalue weighted by Gasteiger charge is -2.32. The van der Waals surface area contributed by atoms with E-state index in [1.165, 1.54) is 6.08 Å². The van der Waals surface area contributed by atoms with Crippen LogP contribution >= 0.6 is 0 Å². The van der Waals surface area contributed by atoms with Crippen molar-refractivity contribution in [2.45, 2.75) is 32.2 Å². The highest BCUT2D eigenvalue weighted by Gasteiger charge is 2.23. The minimum atomic E-state index is -0.152. The number of ketones is 1. The average molecular weight is 258 g/mol. The molecule has 0 aromatic heterocycles. The number of nitrogens with one attached hydrogen (secondary N) is 1. The van der Waals surface area contributed by atoms with Crippen molar-refractivity contribution in [1.82, 2.24) is 10.4 Å². The fraction of sp³-hybridized carbons (Fsp3) is 0.333. The van der Waals surface area contributed by atoms with Gasteiger partial charge in [-0.15, -0.1) is 0 Å². The van der Waals surface area contributed by atoms with Gasteiger partial charge in [0.25, 0.3) is 5.91 Å². The van der Waals surface area contributed by atoms with Gasteiger partial charge in [-0.3, -0.25) is 20.0 Å². The summed E-state index contributed by atoms with van der Waals surface area (Å²) in [6.45, 7) is 2.07. The number of carbonyl (C=O) groups excluding carboxylic acids is 2. The van der Waals surface area contributed by atoms with Crippen LogP contribution in [0.25, 0.3) is 0 Å².